The molecule has 9 atom stereocenters. The van der Waals surface area contributed by atoms with Gasteiger partial charge in [-0.2, -0.15) is 43.9 Å². The molecule has 5 fully saturated rings. The molecular formula is C20H20F10O4. The zero-order valence-corrected chi connectivity index (χ0v) is 17.2. The average molecular weight is 514 g/mol. The van der Waals surface area contributed by atoms with Crippen LogP contribution < -0.4 is 0 Å². The Kier molecular flexibility index (Phi) is 4.81. The van der Waals surface area contributed by atoms with E-state index in [0.29, 0.717) is 12.3 Å². The van der Waals surface area contributed by atoms with Gasteiger partial charge in [0.05, 0.1) is 5.92 Å². The Balaban J connectivity index is 1.49. The molecule has 4 saturated carbocycles. The number of fused-ring (bicyclic) bond motifs is 9. The quantitative estimate of drug-likeness (QED) is 0.337. The Labute approximate surface area is 185 Å². The SMILES string of the molecule is O=C(OC1(C(F)(F)C(F)(F)F)COC(O)(C(F)(F)F)C1(F)F)C1CC2CC1C1C3CCC(C3)C21. The highest BCUT2D eigenvalue weighted by molar-refractivity contribution is 5.74. The number of carbonyl (C=O) groups excluding carboxylic acids is 1. The number of hydrogen-bond donors (Lipinski definition) is 1. The molecule has 0 spiro atoms. The maximum Gasteiger partial charge on any atom is 0.458 e. The highest BCUT2D eigenvalue weighted by Gasteiger charge is 2.93. The first-order valence-electron chi connectivity index (χ1n) is 10.9. The fourth-order valence-corrected chi connectivity index (χ4v) is 7.68. The summed E-state index contributed by atoms with van der Waals surface area (Å²) in [5, 5.41) is 9.41. The van der Waals surface area contributed by atoms with Gasteiger partial charge in [0.15, 0.2) is 0 Å². The summed E-state index contributed by atoms with van der Waals surface area (Å²) < 4.78 is 145. The molecule has 1 saturated heterocycles. The molecule has 0 radical (unpaired) electrons. The lowest BCUT2D eigenvalue weighted by atomic mass is 9.67. The fraction of sp³-hybridized carbons (Fsp3) is 0.950. The number of hydrogen-bond acceptors (Lipinski definition) is 4. The highest BCUT2D eigenvalue weighted by atomic mass is 19.4. The monoisotopic (exact) mass is 514 g/mol. The molecule has 9 unspecified atom stereocenters. The van der Waals surface area contributed by atoms with Crippen LogP contribution in [0, 0.1) is 41.4 Å². The minimum Gasteiger partial charge on any atom is -0.443 e. The van der Waals surface area contributed by atoms with Gasteiger partial charge in [0.25, 0.3) is 5.60 Å². The van der Waals surface area contributed by atoms with E-state index in [2.05, 4.69) is 9.47 Å². The zero-order valence-electron chi connectivity index (χ0n) is 17.2. The summed E-state index contributed by atoms with van der Waals surface area (Å²) in [7, 11) is 0. The first kappa shape index (κ1) is 24.4. The summed E-state index contributed by atoms with van der Waals surface area (Å²) in [4.78, 5) is 12.8. The third-order valence-corrected chi connectivity index (χ3v) is 8.98. The number of carbonyl (C=O) groups is 1. The van der Waals surface area contributed by atoms with Crippen LogP contribution >= 0.6 is 0 Å². The van der Waals surface area contributed by atoms with Gasteiger partial charge in [0.2, 0.25) is 0 Å². The summed E-state index contributed by atoms with van der Waals surface area (Å²) >= 11 is 0. The van der Waals surface area contributed by atoms with Crippen molar-refractivity contribution in [2.45, 2.75) is 67.7 Å². The van der Waals surface area contributed by atoms with Crippen molar-refractivity contribution in [3.63, 3.8) is 0 Å². The second-order valence-corrected chi connectivity index (χ2v) is 10.3. The smallest absolute Gasteiger partial charge is 0.443 e. The molecule has 1 heterocycles. The standard InChI is InChI=1S/C20H20F10O4/c21-16(22)15(17(23,24)19(25,26)27,6-33-18(16,32)20(28,29)30)34-14(31)11-5-9-4-10(11)13-8-2-1-7(3-8)12(9)13/h7-13,32H,1-6H2. The van der Waals surface area contributed by atoms with E-state index in [1.807, 2.05) is 0 Å². The van der Waals surface area contributed by atoms with Crippen LogP contribution in [0.1, 0.15) is 32.1 Å². The molecule has 0 aromatic carbocycles. The Bertz CT molecular complexity index is 888. The molecule has 1 aliphatic heterocycles. The molecule has 0 aromatic rings. The molecule has 0 aromatic heterocycles. The molecular weight excluding hydrogens is 494 g/mol. The van der Waals surface area contributed by atoms with Crippen molar-refractivity contribution in [2.75, 3.05) is 6.61 Å². The maximum absolute atomic E-state index is 14.9. The molecule has 194 valence electrons. The third kappa shape index (κ3) is 2.67. The third-order valence-electron chi connectivity index (χ3n) is 8.98. The first-order valence-corrected chi connectivity index (χ1v) is 10.9. The van der Waals surface area contributed by atoms with Crippen LogP contribution in [0.2, 0.25) is 0 Å². The molecule has 34 heavy (non-hydrogen) atoms. The fourth-order valence-electron chi connectivity index (χ4n) is 7.68. The first-order chi connectivity index (χ1) is 15.4. The van der Waals surface area contributed by atoms with Crippen molar-refractivity contribution in [3.05, 3.63) is 0 Å². The second-order valence-electron chi connectivity index (χ2n) is 10.3. The van der Waals surface area contributed by atoms with Crippen LogP contribution in [0.4, 0.5) is 43.9 Å². The van der Waals surface area contributed by atoms with Crippen LogP contribution in [0.5, 0.6) is 0 Å². The molecule has 4 bridgehead atoms. The van der Waals surface area contributed by atoms with Crippen molar-refractivity contribution in [2.24, 2.45) is 41.4 Å². The van der Waals surface area contributed by atoms with E-state index in [-0.39, 0.29) is 30.1 Å². The van der Waals surface area contributed by atoms with Gasteiger partial charge in [-0.3, -0.25) is 4.79 Å². The normalized spacial score (nSPS) is 47.3. The average Bonchev–Trinajstić information content (AvgIpc) is 3.48. The van der Waals surface area contributed by atoms with Crippen molar-refractivity contribution in [1.82, 2.24) is 0 Å². The van der Waals surface area contributed by atoms with Crippen LogP contribution in [0.25, 0.3) is 0 Å². The topological polar surface area (TPSA) is 55.8 Å². The molecule has 14 heteroatoms. The predicted octanol–water partition coefficient (Wildman–Crippen LogP) is 4.70. The predicted molar refractivity (Wildman–Crippen MR) is 89.2 cm³/mol. The Morgan fingerprint density at radius 3 is 2.00 bits per heavy atom. The summed E-state index contributed by atoms with van der Waals surface area (Å²) in [5.74, 6) is -21.6. The number of ether oxygens (including phenoxy) is 2. The van der Waals surface area contributed by atoms with Gasteiger partial charge in [-0.25, -0.2) is 0 Å². The van der Waals surface area contributed by atoms with Crippen molar-refractivity contribution < 1.29 is 63.3 Å². The van der Waals surface area contributed by atoms with Gasteiger partial charge in [0.1, 0.15) is 6.61 Å². The lowest BCUT2D eigenvalue weighted by Gasteiger charge is -2.43. The van der Waals surface area contributed by atoms with Gasteiger partial charge in [-0.1, -0.05) is 0 Å². The van der Waals surface area contributed by atoms with Crippen molar-refractivity contribution >= 4 is 5.97 Å². The summed E-state index contributed by atoms with van der Waals surface area (Å²) in [6.45, 7) is -2.72. The number of aliphatic hydroxyl groups is 1. The minimum atomic E-state index is -6.85. The number of rotatable bonds is 3. The Hall–Kier alpha value is -1.31. The molecule has 0 amide bonds. The summed E-state index contributed by atoms with van der Waals surface area (Å²) in [6, 6.07) is 0. The van der Waals surface area contributed by atoms with Crippen molar-refractivity contribution in [3.8, 4) is 0 Å². The van der Waals surface area contributed by atoms with E-state index in [9.17, 15) is 53.8 Å². The van der Waals surface area contributed by atoms with E-state index in [0.717, 1.165) is 19.3 Å². The van der Waals surface area contributed by atoms with Gasteiger partial charge in [-0.05, 0) is 67.6 Å². The van der Waals surface area contributed by atoms with Crippen LogP contribution in [-0.2, 0) is 14.3 Å². The minimum absolute atomic E-state index is 0.0114. The van der Waals surface area contributed by atoms with Crippen LogP contribution in [0.3, 0.4) is 0 Å². The van der Waals surface area contributed by atoms with E-state index in [1.54, 1.807) is 0 Å². The van der Waals surface area contributed by atoms with Gasteiger partial charge in [-0.15, -0.1) is 0 Å². The highest BCUT2D eigenvalue weighted by Crippen LogP contribution is 2.69. The number of esters is 1. The lowest BCUT2D eigenvalue weighted by molar-refractivity contribution is -0.428. The lowest BCUT2D eigenvalue weighted by Crippen LogP contribution is -2.73. The van der Waals surface area contributed by atoms with E-state index in [4.69, 9.17) is 0 Å². The molecule has 4 aliphatic carbocycles. The molecule has 5 aliphatic rings. The Morgan fingerprint density at radius 2 is 1.47 bits per heavy atom. The van der Waals surface area contributed by atoms with Crippen LogP contribution in [-0.4, -0.2) is 53.3 Å². The summed E-state index contributed by atoms with van der Waals surface area (Å²) in [5.41, 5.74) is -5.45. The molecule has 1 N–H and O–H groups in total. The zero-order chi connectivity index (χ0) is 25.3. The van der Waals surface area contributed by atoms with E-state index in [1.165, 1.54) is 0 Å². The molecule has 4 nitrogen and oxygen atoms in total. The van der Waals surface area contributed by atoms with Gasteiger partial charge >= 0.3 is 36.0 Å². The van der Waals surface area contributed by atoms with E-state index >= 15 is 0 Å². The second kappa shape index (κ2) is 6.71. The van der Waals surface area contributed by atoms with Crippen LogP contribution in [0.15, 0.2) is 0 Å². The number of alkyl halides is 10. The van der Waals surface area contributed by atoms with Gasteiger partial charge < -0.3 is 14.6 Å². The van der Waals surface area contributed by atoms with Gasteiger partial charge in [0, 0.05) is 0 Å². The largest absolute Gasteiger partial charge is 0.458 e. The van der Waals surface area contributed by atoms with Crippen molar-refractivity contribution in [1.29, 1.82) is 0 Å². The number of halogens is 10. The Morgan fingerprint density at radius 1 is 0.882 bits per heavy atom. The van der Waals surface area contributed by atoms with E-state index < -0.39 is 60.0 Å². The summed E-state index contributed by atoms with van der Waals surface area (Å²) in [6.07, 6.45) is -10.1. The molecule has 5 rings (SSSR count). The maximum atomic E-state index is 14.9.